The molecule has 0 fully saturated rings. The van der Waals surface area contributed by atoms with Crippen molar-refractivity contribution in [2.24, 2.45) is 0 Å². The van der Waals surface area contributed by atoms with E-state index < -0.39 is 8.07 Å². The quantitative estimate of drug-likeness (QED) is 0.487. The monoisotopic (exact) mass is 200 g/mol. The molecule has 0 aliphatic heterocycles. The number of esters is 1. The Kier molecular flexibility index (Phi) is 5.71. The summed E-state index contributed by atoms with van der Waals surface area (Å²) in [5.41, 5.74) is 1.94. The van der Waals surface area contributed by atoms with E-state index in [-0.39, 0.29) is 5.97 Å². The van der Waals surface area contributed by atoms with E-state index >= 15 is 0 Å². The van der Waals surface area contributed by atoms with E-state index in [1.165, 1.54) is 0 Å². The van der Waals surface area contributed by atoms with Crippen molar-refractivity contribution in [2.45, 2.75) is 39.3 Å². The maximum Gasteiger partial charge on any atom is 0.305 e. The molecule has 0 amide bonds. The summed E-state index contributed by atoms with van der Waals surface area (Å²) in [5.74, 6) is -0.0655. The lowest BCUT2D eigenvalue weighted by Gasteiger charge is -2.16. The molecule has 0 aromatic rings. The Labute approximate surface area is 82.0 Å². The summed E-state index contributed by atoms with van der Waals surface area (Å²) in [6.07, 6.45) is 3.09. The van der Waals surface area contributed by atoms with Crippen LogP contribution in [0.5, 0.6) is 0 Å². The Morgan fingerprint density at radius 3 is 2.62 bits per heavy atom. The highest BCUT2D eigenvalue weighted by molar-refractivity contribution is 6.82. The predicted molar refractivity (Wildman–Crippen MR) is 58.2 cm³/mol. The molecule has 76 valence electrons. The van der Waals surface area contributed by atoms with Gasteiger partial charge < -0.3 is 4.74 Å². The maximum absolute atomic E-state index is 11.1. The Morgan fingerprint density at radius 2 is 2.15 bits per heavy atom. The van der Waals surface area contributed by atoms with Gasteiger partial charge in [-0.25, -0.2) is 0 Å². The Bertz CT molecular complexity index is 176. The highest BCUT2D eigenvalue weighted by Crippen LogP contribution is 2.05. The number of carbonyl (C=O) groups is 1. The van der Waals surface area contributed by atoms with Crippen LogP contribution in [0, 0.1) is 0 Å². The van der Waals surface area contributed by atoms with Gasteiger partial charge in [0.1, 0.15) is 8.07 Å². The van der Waals surface area contributed by atoms with Gasteiger partial charge in [0.2, 0.25) is 0 Å². The van der Waals surface area contributed by atoms with Crippen LogP contribution in [0.3, 0.4) is 0 Å². The molecule has 0 aromatic heterocycles. The van der Waals surface area contributed by atoms with Crippen LogP contribution in [0.1, 0.15) is 26.2 Å². The smallest absolute Gasteiger partial charge is 0.305 e. The molecule has 13 heavy (non-hydrogen) atoms. The van der Waals surface area contributed by atoms with Gasteiger partial charge in [0.25, 0.3) is 0 Å². The van der Waals surface area contributed by atoms with Gasteiger partial charge in [-0.2, -0.15) is 0 Å². The van der Waals surface area contributed by atoms with E-state index in [1.54, 1.807) is 0 Å². The molecular weight excluding hydrogens is 180 g/mol. The third-order valence-corrected chi connectivity index (χ3v) is 3.89. The Morgan fingerprint density at radius 1 is 1.54 bits per heavy atom. The summed E-state index contributed by atoms with van der Waals surface area (Å²) < 4.78 is 5.15. The molecule has 0 N–H and O–H groups in total. The minimum atomic E-state index is -1.46. The van der Waals surface area contributed by atoms with Gasteiger partial charge in [-0.3, -0.25) is 4.79 Å². The Balaban J connectivity index is 3.63. The Hall–Kier alpha value is -0.573. The molecule has 0 heterocycles. The first-order valence-electron chi connectivity index (χ1n) is 4.81. The average Bonchev–Trinajstić information content (AvgIpc) is 2.11. The fourth-order valence-corrected chi connectivity index (χ4v) is 1.37. The molecule has 2 nitrogen and oxygen atoms in total. The second-order valence-electron chi connectivity index (χ2n) is 3.96. The largest absolute Gasteiger partial charge is 0.469 e. The van der Waals surface area contributed by atoms with Gasteiger partial charge in [-0.15, -0.1) is 6.58 Å². The standard InChI is InChI=1S/C10H20O2Si/c1-5-7-8-10(11)12-9-13(3,4)6-2/h6H,2,5,7-9H2,1,3-4H3. The van der Waals surface area contributed by atoms with Gasteiger partial charge in [-0.1, -0.05) is 32.1 Å². The minimum absolute atomic E-state index is 0.0655. The van der Waals surface area contributed by atoms with Gasteiger partial charge in [0.05, 0.1) is 6.23 Å². The zero-order chi connectivity index (χ0) is 10.3. The van der Waals surface area contributed by atoms with Crippen molar-refractivity contribution in [3.05, 3.63) is 12.3 Å². The van der Waals surface area contributed by atoms with Gasteiger partial charge in [-0.05, 0) is 6.42 Å². The predicted octanol–water partition coefficient (Wildman–Crippen LogP) is 2.69. The molecule has 0 aromatic carbocycles. The van der Waals surface area contributed by atoms with Crippen LogP contribution in [0.25, 0.3) is 0 Å². The highest BCUT2D eigenvalue weighted by Gasteiger charge is 2.18. The molecule has 0 saturated carbocycles. The number of ether oxygens (including phenoxy) is 1. The van der Waals surface area contributed by atoms with E-state index in [0.717, 1.165) is 12.8 Å². The van der Waals surface area contributed by atoms with Crippen molar-refractivity contribution >= 4 is 14.0 Å². The summed E-state index contributed by atoms with van der Waals surface area (Å²) in [7, 11) is -1.46. The topological polar surface area (TPSA) is 26.3 Å². The van der Waals surface area contributed by atoms with Crippen molar-refractivity contribution in [3.63, 3.8) is 0 Å². The van der Waals surface area contributed by atoms with Gasteiger partial charge in [0, 0.05) is 6.42 Å². The molecule has 0 aliphatic carbocycles. The van der Waals surface area contributed by atoms with Gasteiger partial charge >= 0.3 is 5.97 Å². The van der Waals surface area contributed by atoms with Crippen LogP contribution in [0.2, 0.25) is 13.1 Å². The van der Waals surface area contributed by atoms with Crippen molar-refractivity contribution < 1.29 is 9.53 Å². The molecule has 0 aliphatic rings. The first kappa shape index (κ1) is 12.4. The number of rotatable bonds is 6. The maximum atomic E-state index is 11.1. The van der Waals surface area contributed by atoms with Crippen molar-refractivity contribution in [2.75, 3.05) is 6.23 Å². The second kappa shape index (κ2) is 5.97. The summed E-state index contributed by atoms with van der Waals surface area (Å²) in [6, 6.07) is 0. The zero-order valence-corrected chi connectivity index (χ0v) is 9.93. The van der Waals surface area contributed by atoms with E-state index in [4.69, 9.17) is 4.74 Å². The van der Waals surface area contributed by atoms with E-state index in [2.05, 4.69) is 26.6 Å². The molecular formula is C10H20O2Si. The molecule has 0 rings (SSSR count). The lowest BCUT2D eigenvalue weighted by Crippen LogP contribution is -2.31. The lowest BCUT2D eigenvalue weighted by atomic mass is 10.3. The molecule has 3 heteroatoms. The highest BCUT2D eigenvalue weighted by atomic mass is 28.3. The first-order chi connectivity index (χ1) is 6.02. The molecule has 0 saturated heterocycles. The fraction of sp³-hybridized carbons (Fsp3) is 0.700. The van der Waals surface area contributed by atoms with Crippen molar-refractivity contribution in [1.82, 2.24) is 0 Å². The van der Waals surface area contributed by atoms with E-state index in [1.807, 2.05) is 5.70 Å². The number of carbonyl (C=O) groups excluding carboxylic acids is 1. The van der Waals surface area contributed by atoms with Crippen LogP contribution >= 0.6 is 0 Å². The fourth-order valence-electron chi connectivity index (χ4n) is 0.719. The average molecular weight is 200 g/mol. The van der Waals surface area contributed by atoms with Crippen LogP contribution < -0.4 is 0 Å². The van der Waals surface area contributed by atoms with Gasteiger partial charge in [0.15, 0.2) is 0 Å². The normalized spacial score (nSPS) is 11.0. The second-order valence-corrected chi connectivity index (χ2v) is 8.63. The molecule has 0 atom stereocenters. The first-order valence-corrected chi connectivity index (χ1v) is 8.09. The summed E-state index contributed by atoms with van der Waals surface area (Å²) in [4.78, 5) is 11.1. The molecule has 0 unspecified atom stereocenters. The van der Waals surface area contributed by atoms with Crippen LogP contribution in [0.4, 0.5) is 0 Å². The summed E-state index contributed by atoms with van der Waals surface area (Å²) >= 11 is 0. The van der Waals surface area contributed by atoms with E-state index in [9.17, 15) is 4.79 Å². The number of hydrogen-bond acceptors (Lipinski definition) is 2. The van der Waals surface area contributed by atoms with Crippen molar-refractivity contribution in [1.29, 1.82) is 0 Å². The molecule has 0 spiro atoms. The number of hydrogen-bond donors (Lipinski definition) is 0. The van der Waals surface area contributed by atoms with Crippen molar-refractivity contribution in [3.8, 4) is 0 Å². The summed E-state index contributed by atoms with van der Waals surface area (Å²) in [6.45, 7) is 10.1. The third kappa shape index (κ3) is 6.58. The van der Waals surface area contributed by atoms with E-state index in [0.29, 0.717) is 12.7 Å². The van der Waals surface area contributed by atoms with Crippen LogP contribution in [-0.4, -0.2) is 20.3 Å². The number of unbranched alkanes of at least 4 members (excludes halogenated alkanes) is 1. The summed E-state index contributed by atoms with van der Waals surface area (Å²) in [5, 5.41) is 0. The minimum Gasteiger partial charge on any atom is -0.469 e. The third-order valence-electron chi connectivity index (χ3n) is 1.89. The lowest BCUT2D eigenvalue weighted by molar-refractivity contribution is -0.141. The van der Waals surface area contributed by atoms with Crippen LogP contribution in [0.15, 0.2) is 12.3 Å². The SMILES string of the molecule is C=C[Si](C)(C)COC(=O)CCCC. The molecule has 0 radical (unpaired) electrons. The zero-order valence-electron chi connectivity index (χ0n) is 8.93. The molecule has 0 bridgehead atoms. The van der Waals surface area contributed by atoms with Crippen LogP contribution in [-0.2, 0) is 9.53 Å².